The van der Waals surface area contributed by atoms with E-state index in [1.54, 1.807) is 0 Å². The van der Waals surface area contributed by atoms with Crippen molar-refractivity contribution in [2.45, 2.75) is 71.8 Å². The van der Waals surface area contributed by atoms with E-state index >= 15 is 0 Å². The van der Waals surface area contributed by atoms with Gasteiger partial charge in [-0.25, -0.2) is 0 Å². The molecular weight excluding hydrogens is 194 g/mol. The monoisotopic (exact) mass is 225 g/mol. The van der Waals surface area contributed by atoms with Crippen LogP contribution in [0.5, 0.6) is 0 Å². The standard InChI is InChI=1S/C15H31N/c1-5-15(16-4)13(3)11-10-12(2)14-8-6-7-9-14/h12-16H,5-11H2,1-4H3. The molecule has 0 bridgehead atoms. The maximum absolute atomic E-state index is 3.44. The minimum absolute atomic E-state index is 0.718. The molecule has 0 saturated heterocycles. The van der Waals surface area contributed by atoms with Gasteiger partial charge >= 0.3 is 0 Å². The van der Waals surface area contributed by atoms with E-state index in [2.05, 4.69) is 33.1 Å². The van der Waals surface area contributed by atoms with Crippen LogP contribution in [0.2, 0.25) is 0 Å². The normalized spacial score (nSPS) is 23.2. The van der Waals surface area contributed by atoms with Gasteiger partial charge in [0.15, 0.2) is 0 Å². The molecule has 0 aliphatic heterocycles. The molecule has 0 radical (unpaired) electrons. The van der Waals surface area contributed by atoms with Crippen molar-refractivity contribution in [1.82, 2.24) is 5.32 Å². The van der Waals surface area contributed by atoms with Crippen LogP contribution in [0, 0.1) is 17.8 Å². The minimum atomic E-state index is 0.718. The fourth-order valence-corrected chi connectivity index (χ4v) is 3.38. The quantitative estimate of drug-likeness (QED) is 0.684. The highest BCUT2D eigenvalue weighted by molar-refractivity contribution is 4.76. The van der Waals surface area contributed by atoms with E-state index in [-0.39, 0.29) is 0 Å². The molecule has 0 spiro atoms. The van der Waals surface area contributed by atoms with E-state index in [1.165, 1.54) is 44.9 Å². The van der Waals surface area contributed by atoms with Gasteiger partial charge in [0.25, 0.3) is 0 Å². The zero-order valence-corrected chi connectivity index (χ0v) is 11.8. The summed E-state index contributed by atoms with van der Waals surface area (Å²) in [6.45, 7) is 7.17. The summed E-state index contributed by atoms with van der Waals surface area (Å²) in [7, 11) is 2.10. The minimum Gasteiger partial charge on any atom is -0.317 e. The summed E-state index contributed by atoms with van der Waals surface area (Å²) in [6.07, 6.45) is 10.1. The molecule has 1 saturated carbocycles. The predicted octanol–water partition coefficient (Wildman–Crippen LogP) is 4.23. The van der Waals surface area contributed by atoms with Crippen LogP contribution in [-0.4, -0.2) is 13.1 Å². The molecule has 1 nitrogen and oxygen atoms in total. The molecule has 96 valence electrons. The molecule has 1 heteroatoms. The number of nitrogens with one attached hydrogen (secondary N) is 1. The van der Waals surface area contributed by atoms with Gasteiger partial charge in [-0.15, -0.1) is 0 Å². The molecule has 0 aromatic heterocycles. The summed E-state index contributed by atoms with van der Waals surface area (Å²) < 4.78 is 0. The first-order valence-corrected chi connectivity index (χ1v) is 7.36. The highest BCUT2D eigenvalue weighted by Crippen LogP contribution is 2.34. The van der Waals surface area contributed by atoms with Crippen LogP contribution in [0.25, 0.3) is 0 Å². The van der Waals surface area contributed by atoms with Crippen LogP contribution in [-0.2, 0) is 0 Å². The van der Waals surface area contributed by atoms with E-state index in [0.717, 1.165) is 23.8 Å². The van der Waals surface area contributed by atoms with Crippen molar-refractivity contribution in [2.75, 3.05) is 7.05 Å². The molecule has 0 amide bonds. The third-order valence-corrected chi connectivity index (χ3v) is 4.78. The van der Waals surface area contributed by atoms with E-state index < -0.39 is 0 Å². The second kappa shape index (κ2) is 7.32. The molecule has 0 heterocycles. The summed E-state index contributed by atoms with van der Waals surface area (Å²) >= 11 is 0. The number of rotatable bonds is 7. The Balaban J connectivity index is 2.21. The Morgan fingerprint density at radius 3 is 2.25 bits per heavy atom. The molecule has 3 atom stereocenters. The van der Waals surface area contributed by atoms with Gasteiger partial charge in [0, 0.05) is 6.04 Å². The Morgan fingerprint density at radius 2 is 1.75 bits per heavy atom. The Bertz CT molecular complexity index is 160. The summed E-state index contributed by atoms with van der Waals surface area (Å²) in [4.78, 5) is 0. The molecule has 1 N–H and O–H groups in total. The largest absolute Gasteiger partial charge is 0.317 e. The molecule has 3 unspecified atom stereocenters. The van der Waals surface area contributed by atoms with Crippen molar-refractivity contribution in [1.29, 1.82) is 0 Å². The lowest BCUT2D eigenvalue weighted by molar-refractivity contribution is 0.287. The summed E-state index contributed by atoms with van der Waals surface area (Å²) in [5, 5.41) is 3.44. The van der Waals surface area contributed by atoms with Crippen molar-refractivity contribution in [2.24, 2.45) is 17.8 Å². The van der Waals surface area contributed by atoms with E-state index in [9.17, 15) is 0 Å². The van der Waals surface area contributed by atoms with Gasteiger partial charge < -0.3 is 5.32 Å². The SMILES string of the molecule is CCC(NC)C(C)CCC(C)C1CCCC1. The van der Waals surface area contributed by atoms with Crippen LogP contribution >= 0.6 is 0 Å². The molecule has 0 aromatic carbocycles. The third kappa shape index (κ3) is 4.08. The first kappa shape index (κ1) is 14.0. The second-order valence-electron chi connectivity index (χ2n) is 5.88. The molecule has 1 aliphatic rings. The van der Waals surface area contributed by atoms with Gasteiger partial charge in [-0.2, -0.15) is 0 Å². The van der Waals surface area contributed by atoms with Crippen LogP contribution < -0.4 is 5.32 Å². The Morgan fingerprint density at radius 1 is 1.12 bits per heavy atom. The summed E-state index contributed by atoms with van der Waals surface area (Å²) in [5.41, 5.74) is 0. The lowest BCUT2D eigenvalue weighted by Gasteiger charge is -2.25. The summed E-state index contributed by atoms with van der Waals surface area (Å²) in [6, 6.07) is 0.718. The fourth-order valence-electron chi connectivity index (χ4n) is 3.38. The van der Waals surface area contributed by atoms with Crippen LogP contribution in [0.4, 0.5) is 0 Å². The zero-order valence-electron chi connectivity index (χ0n) is 11.8. The average Bonchev–Trinajstić information content (AvgIpc) is 2.81. The Labute approximate surface area is 102 Å². The van der Waals surface area contributed by atoms with E-state index in [0.29, 0.717) is 0 Å². The van der Waals surface area contributed by atoms with Gasteiger partial charge in [-0.05, 0) is 37.6 Å². The number of hydrogen-bond acceptors (Lipinski definition) is 1. The van der Waals surface area contributed by atoms with Gasteiger partial charge in [-0.1, -0.05) is 52.9 Å². The maximum atomic E-state index is 3.44. The number of hydrogen-bond donors (Lipinski definition) is 1. The van der Waals surface area contributed by atoms with Gasteiger partial charge in [0.05, 0.1) is 0 Å². The molecule has 1 rings (SSSR count). The average molecular weight is 225 g/mol. The van der Waals surface area contributed by atoms with E-state index in [4.69, 9.17) is 0 Å². The van der Waals surface area contributed by atoms with Gasteiger partial charge in [0.1, 0.15) is 0 Å². The smallest absolute Gasteiger partial charge is 0.00870 e. The van der Waals surface area contributed by atoms with Crippen molar-refractivity contribution in [3.05, 3.63) is 0 Å². The van der Waals surface area contributed by atoms with Crippen molar-refractivity contribution >= 4 is 0 Å². The van der Waals surface area contributed by atoms with Gasteiger partial charge in [0.2, 0.25) is 0 Å². The van der Waals surface area contributed by atoms with Crippen LogP contribution in [0.3, 0.4) is 0 Å². The summed E-state index contributed by atoms with van der Waals surface area (Å²) in [5.74, 6) is 2.83. The van der Waals surface area contributed by atoms with Crippen LogP contribution in [0.1, 0.15) is 65.7 Å². The molecule has 0 aromatic rings. The molecular formula is C15H31N. The molecule has 16 heavy (non-hydrogen) atoms. The van der Waals surface area contributed by atoms with Crippen LogP contribution in [0.15, 0.2) is 0 Å². The Hall–Kier alpha value is -0.0400. The maximum Gasteiger partial charge on any atom is 0.00870 e. The fraction of sp³-hybridized carbons (Fsp3) is 1.00. The predicted molar refractivity (Wildman–Crippen MR) is 72.7 cm³/mol. The third-order valence-electron chi connectivity index (χ3n) is 4.78. The lowest BCUT2D eigenvalue weighted by Crippen LogP contribution is -2.31. The first-order chi connectivity index (χ1) is 7.69. The van der Waals surface area contributed by atoms with Crippen molar-refractivity contribution in [3.63, 3.8) is 0 Å². The van der Waals surface area contributed by atoms with Crippen molar-refractivity contribution < 1.29 is 0 Å². The second-order valence-corrected chi connectivity index (χ2v) is 5.88. The topological polar surface area (TPSA) is 12.0 Å². The highest BCUT2D eigenvalue weighted by Gasteiger charge is 2.22. The zero-order chi connectivity index (χ0) is 12.0. The lowest BCUT2D eigenvalue weighted by atomic mass is 9.84. The Kier molecular flexibility index (Phi) is 6.41. The molecule has 1 aliphatic carbocycles. The highest BCUT2D eigenvalue weighted by atomic mass is 14.9. The van der Waals surface area contributed by atoms with Gasteiger partial charge in [-0.3, -0.25) is 0 Å². The van der Waals surface area contributed by atoms with E-state index in [1.807, 2.05) is 0 Å². The first-order valence-electron chi connectivity index (χ1n) is 7.36. The molecule has 1 fully saturated rings. The van der Waals surface area contributed by atoms with Crippen molar-refractivity contribution in [3.8, 4) is 0 Å².